The van der Waals surface area contributed by atoms with E-state index in [1.807, 2.05) is 20.8 Å². The molecule has 11 heavy (non-hydrogen) atoms. The zero-order valence-electron chi connectivity index (χ0n) is 8.05. The summed E-state index contributed by atoms with van der Waals surface area (Å²) >= 11 is 0. The fourth-order valence-electron chi connectivity index (χ4n) is 0.338. The number of nitrogens with zero attached hydrogens (tertiary/aromatic N) is 2. The van der Waals surface area contributed by atoms with Crippen molar-refractivity contribution in [2.75, 3.05) is 0 Å². The molecular weight excluding hydrogens is 163 g/mol. The van der Waals surface area contributed by atoms with E-state index in [-0.39, 0.29) is 58.8 Å². The second-order valence-electron chi connectivity index (χ2n) is 1.23. The van der Waals surface area contributed by atoms with Gasteiger partial charge in [-0.3, -0.25) is 0 Å². The molecule has 0 saturated carbocycles. The van der Waals surface area contributed by atoms with E-state index >= 15 is 0 Å². The van der Waals surface area contributed by atoms with Crippen molar-refractivity contribution in [1.29, 1.82) is 0 Å². The molecule has 1 aromatic rings. The first-order valence-corrected chi connectivity index (χ1v) is 3.05. The first-order chi connectivity index (χ1) is 4.39. The minimum absolute atomic E-state index is 0. The van der Waals surface area contributed by atoms with Crippen LogP contribution in [0.5, 0.6) is 0 Å². The van der Waals surface area contributed by atoms with Gasteiger partial charge in [0.05, 0.1) is 0 Å². The third-order valence-electron chi connectivity index (χ3n) is 0.637. The van der Waals surface area contributed by atoms with Gasteiger partial charge >= 0.3 is 51.4 Å². The summed E-state index contributed by atoms with van der Waals surface area (Å²) in [5.74, 6) is 0.766. The molecule has 1 heterocycles. The molecule has 0 N–H and O–H groups in total. The molecule has 0 saturated heterocycles. The fourth-order valence-corrected chi connectivity index (χ4v) is 0.338. The van der Waals surface area contributed by atoms with E-state index in [1.165, 1.54) is 0 Å². The van der Waals surface area contributed by atoms with Crippen molar-refractivity contribution < 1.29 is 51.4 Å². The van der Waals surface area contributed by atoms with Crippen LogP contribution in [0.2, 0.25) is 0 Å². The second-order valence-corrected chi connectivity index (χ2v) is 1.23. The topological polar surface area (TPSA) is 25.8 Å². The van der Waals surface area contributed by atoms with E-state index in [0.29, 0.717) is 0 Å². The molecule has 3 heteroatoms. The van der Waals surface area contributed by atoms with Crippen LogP contribution < -0.4 is 51.4 Å². The van der Waals surface area contributed by atoms with Crippen LogP contribution in [0.3, 0.4) is 0 Å². The van der Waals surface area contributed by atoms with Crippen molar-refractivity contribution in [3.8, 4) is 0 Å². The van der Waals surface area contributed by atoms with Crippen LogP contribution in [-0.2, 0) is 0 Å². The summed E-state index contributed by atoms with van der Waals surface area (Å²) in [6, 6.07) is 1.67. The Morgan fingerprint density at radius 2 is 1.91 bits per heavy atom. The van der Waals surface area contributed by atoms with Crippen molar-refractivity contribution >= 4 is 0 Å². The van der Waals surface area contributed by atoms with Crippen LogP contribution in [0.15, 0.2) is 12.3 Å². The molecule has 0 spiro atoms. The average Bonchev–Trinajstić information content (AvgIpc) is 1.94. The summed E-state index contributed by atoms with van der Waals surface area (Å²) in [6.07, 6.45) is 4.32. The van der Waals surface area contributed by atoms with Crippen molar-refractivity contribution in [2.45, 2.75) is 20.8 Å². The minimum Gasteiger partial charge on any atom is -0.373 e. The van der Waals surface area contributed by atoms with Crippen molar-refractivity contribution in [1.82, 2.24) is 9.97 Å². The number of hydrogen-bond donors (Lipinski definition) is 0. The molecule has 1 aromatic heterocycles. The van der Waals surface area contributed by atoms with E-state index in [2.05, 4.69) is 16.2 Å². The van der Waals surface area contributed by atoms with Gasteiger partial charge in [-0.2, -0.15) is 0 Å². The number of hydrogen-bond acceptors (Lipinski definition) is 2. The summed E-state index contributed by atoms with van der Waals surface area (Å²) in [5, 5.41) is 0. The second kappa shape index (κ2) is 13.3. The Bertz CT molecular complexity index is 142. The summed E-state index contributed by atoms with van der Waals surface area (Å²) in [5.41, 5.74) is 0. The Morgan fingerprint density at radius 3 is 2.09 bits per heavy atom. The van der Waals surface area contributed by atoms with Crippen LogP contribution >= 0.6 is 0 Å². The maximum absolute atomic E-state index is 3.84. The molecule has 0 amide bonds. The van der Waals surface area contributed by atoms with E-state index in [0.717, 1.165) is 5.82 Å². The van der Waals surface area contributed by atoms with Crippen LogP contribution in [0.1, 0.15) is 19.7 Å². The van der Waals surface area contributed by atoms with Gasteiger partial charge in [0.2, 0.25) is 0 Å². The Morgan fingerprint density at radius 1 is 1.36 bits per heavy atom. The molecule has 0 bridgehead atoms. The molecule has 0 unspecified atom stereocenters. The van der Waals surface area contributed by atoms with Crippen LogP contribution in [0, 0.1) is 20.5 Å². The minimum atomic E-state index is 0. The van der Waals surface area contributed by atoms with Gasteiger partial charge in [0, 0.05) is 5.82 Å². The van der Waals surface area contributed by atoms with Crippen LogP contribution in [0.25, 0.3) is 0 Å². The summed E-state index contributed by atoms with van der Waals surface area (Å²) in [4.78, 5) is 7.58. The van der Waals surface area contributed by atoms with Crippen LogP contribution in [-0.4, -0.2) is 9.97 Å². The summed E-state index contributed by atoms with van der Waals surface area (Å²) in [7, 11) is 0. The molecule has 0 aliphatic heterocycles. The van der Waals surface area contributed by atoms with Crippen molar-refractivity contribution in [2.24, 2.45) is 0 Å². The van der Waals surface area contributed by atoms with Crippen molar-refractivity contribution in [3.63, 3.8) is 0 Å². The maximum Gasteiger partial charge on any atom is 1.00 e. The molecule has 0 aromatic carbocycles. The molecule has 0 aliphatic carbocycles. The Balaban J connectivity index is -0.000000149. The van der Waals surface area contributed by atoms with E-state index in [9.17, 15) is 0 Å². The number of aromatic nitrogens is 2. The van der Waals surface area contributed by atoms with E-state index < -0.39 is 0 Å². The zero-order chi connectivity index (χ0) is 7.11. The van der Waals surface area contributed by atoms with E-state index in [4.69, 9.17) is 0 Å². The smallest absolute Gasteiger partial charge is 0.373 e. The molecule has 2 nitrogen and oxygen atoms in total. The first kappa shape index (κ1) is 17.7. The quantitative estimate of drug-likeness (QED) is 0.378. The van der Waals surface area contributed by atoms with Gasteiger partial charge < -0.3 is 17.4 Å². The number of aryl methyl sites for hydroxylation is 1. The standard InChI is InChI=1S/C5H5N2.C2H6.CH3.K/c1-5-6-3-2-4-7-5;1-2;;/h2-3H,1H3;1-2H3;1H3;/q-1;;-1;+1. The zero-order valence-corrected chi connectivity index (χ0v) is 11.2. The molecule has 1 rings (SSSR count). The number of rotatable bonds is 0. The normalized spacial score (nSPS) is 6.09. The maximum atomic E-state index is 3.84. The summed E-state index contributed by atoms with van der Waals surface area (Å²) < 4.78 is 0. The average molecular weight is 177 g/mol. The predicted octanol–water partition coefficient (Wildman–Crippen LogP) is -0.934. The van der Waals surface area contributed by atoms with Crippen LogP contribution in [0.4, 0.5) is 0 Å². The third kappa shape index (κ3) is 10.7. The van der Waals surface area contributed by atoms with Gasteiger partial charge in [0.25, 0.3) is 0 Å². The Kier molecular flexibility index (Phi) is 21.4. The van der Waals surface area contributed by atoms with Gasteiger partial charge in [0.1, 0.15) is 0 Å². The van der Waals surface area contributed by atoms with Gasteiger partial charge in [-0.05, 0) is 0 Å². The van der Waals surface area contributed by atoms with Gasteiger partial charge in [-0.1, -0.05) is 33.2 Å². The van der Waals surface area contributed by atoms with Gasteiger partial charge in [-0.25, -0.2) is 0 Å². The first-order valence-electron chi connectivity index (χ1n) is 3.05. The van der Waals surface area contributed by atoms with Crippen molar-refractivity contribution in [3.05, 3.63) is 31.7 Å². The molecule has 58 valence electrons. The fraction of sp³-hybridized carbons (Fsp3) is 0.375. The molecule has 0 atom stereocenters. The Hall–Kier alpha value is 0.716. The summed E-state index contributed by atoms with van der Waals surface area (Å²) in [6.45, 7) is 5.83. The largest absolute Gasteiger partial charge is 1.00 e. The molecular formula is C8H14KN2-. The molecule has 0 fully saturated rings. The predicted molar refractivity (Wildman–Crippen MR) is 43.4 cm³/mol. The van der Waals surface area contributed by atoms with Gasteiger partial charge in [0.15, 0.2) is 0 Å². The monoisotopic (exact) mass is 177 g/mol. The SMILES string of the molecule is CC.Cc1n[c-]ccn1.[CH3-].[K+]. The molecule has 0 aliphatic rings. The molecule has 0 radical (unpaired) electrons. The van der Waals surface area contributed by atoms with Gasteiger partial charge in [-0.15, -0.1) is 6.07 Å². The third-order valence-corrected chi connectivity index (χ3v) is 0.637. The van der Waals surface area contributed by atoms with E-state index in [1.54, 1.807) is 12.3 Å². The Labute approximate surface area is 112 Å².